The van der Waals surface area contributed by atoms with E-state index in [0.717, 1.165) is 12.4 Å². The van der Waals surface area contributed by atoms with Crippen LogP contribution in [0, 0.1) is 5.92 Å². The molecule has 0 aromatic carbocycles. The Morgan fingerprint density at radius 3 is 3.06 bits per heavy atom. The van der Waals surface area contributed by atoms with E-state index >= 15 is 0 Å². The number of carbonyl (C=O) groups is 1. The van der Waals surface area contributed by atoms with Crippen LogP contribution in [0.5, 0.6) is 0 Å². The van der Waals surface area contributed by atoms with Gasteiger partial charge >= 0.3 is 0 Å². The average molecular weight is 239 g/mol. The molecule has 1 aliphatic rings. The maximum Gasteiger partial charge on any atom is 0.232 e. The predicted octanol–water partition coefficient (Wildman–Crippen LogP) is -0.457. The van der Waals surface area contributed by atoms with Gasteiger partial charge in [-0.15, -0.1) is 10.2 Å². The van der Waals surface area contributed by atoms with Crippen molar-refractivity contribution < 1.29 is 4.79 Å². The summed E-state index contributed by atoms with van der Waals surface area (Å²) in [4.78, 5) is 13.9. The van der Waals surface area contributed by atoms with E-state index in [1.807, 2.05) is 4.57 Å². The molecule has 0 radical (unpaired) electrons. The monoisotopic (exact) mass is 239 g/mol. The molecule has 1 aromatic rings. The lowest BCUT2D eigenvalue weighted by Crippen LogP contribution is -2.43. The first-order chi connectivity index (χ1) is 7.59. The number of nitrogens with two attached hydrogens (primary N) is 1. The Bertz CT molecular complexity index is 429. The summed E-state index contributed by atoms with van der Waals surface area (Å²) in [6.45, 7) is 3.57. The number of thiocarbonyl (C=S) groups is 1. The number of aromatic nitrogens is 3. The first-order valence-corrected chi connectivity index (χ1v) is 5.45. The van der Waals surface area contributed by atoms with Gasteiger partial charge in [-0.1, -0.05) is 12.2 Å². The van der Waals surface area contributed by atoms with Crippen LogP contribution in [-0.4, -0.2) is 37.1 Å². The van der Waals surface area contributed by atoms with E-state index in [0.29, 0.717) is 13.1 Å². The van der Waals surface area contributed by atoms with E-state index < -0.39 is 5.92 Å². The lowest BCUT2D eigenvalue weighted by molar-refractivity contribution is -0.134. The Morgan fingerprint density at radius 2 is 2.38 bits per heavy atom. The second-order valence-electron chi connectivity index (χ2n) is 3.82. The lowest BCUT2D eigenvalue weighted by atomic mass is 10.1. The molecule has 86 valence electrons. The SMILES string of the molecule is CC(C(=O)N1CCn2cnnc2C1)C(N)=S. The van der Waals surface area contributed by atoms with Crippen molar-refractivity contribution in [2.75, 3.05) is 6.54 Å². The molecular formula is C9H13N5OS. The van der Waals surface area contributed by atoms with E-state index in [-0.39, 0.29) is 10.9 Å². The summed E-state index contributed by atoms with van der Waals surface area (Å²) >= 11 is 4.82. The summed E-state index contributed by atoms with van der Waals surface area (Å²) in [6, 6.07) is 0. The highest BCUT2D eigenvalue weighted by Gasteiger charge is 2.26. The van der Waals surface area contributed by atoms with Crippen LogP contribution in [0.15, 0.2) is 6.33 Å². The molecule has 1 amide bonds. The Morgan fingerprint density at radius 1 is 1.62 bits per heavy atom. The van der Waals surface area contributed by atoms with Gasteiger partial charge in [0, 0.05) is 13.1 Å². The number of carbonyl (C=O) groups excluding carboxylic acids is 1. The van der Waals surface area contributed by atoms with Gasteiger partial charge in [-0.05, 0) is 6.92 Å². The van der Waals surface area contributed by atoms with Gasteiger partial charge in [-0.3, -0.25) is 4.79 Å². The minimum atomic E-state index is -0.413. The molecule has 0 aliphatic carbocycles. The van der Waals surface area contributed by atoms with Gasteiger partial charge < -0.3 is 15.2 Å². The van der Waals surface area contributed by atoms with Crippen LogP contribution < -0.4 is 5.73 Å². The molecule has 1 aliphatic heterocycles. The van der Waals surface area contributed by atoms with E-state index in [9.17, 15) is 4.79 Å². The van der Waals surface area contributed by atoms with Crippen molar-refractivity contribution in [3.05, 3.63) is 12.2 Å². The summed E-state index contributed by atoms with van der Waals surface area (Å²) in [5.41, 5.74) is 5.47. The molecule has 2 heterocycles. The number of hydrogen-bond donors (Lipinski definition) is 1. The van der Waals surface area contributed by atoms with Crippen LogP contribution in [0.2, 0.25) is 0 Å². The first kappa shape index (κ1) is 11.0. The molecule has 7 heteroatoms. The van der Waals surface area contributed by atoms with Crippen LogP contribution in [0.1, 0.15) is 12.7 Å². The topological polar surface area (TPSA) is 77.0 Å². The first-order valence-electron chi connectivity index (χ1n) is 5.04. The van der Waals surface area contributed by atoms with Crippen molar-refractivity contribution >= 4 is 23.1 Å². The number of amides is 1. The zero-order valence-electron chi connectivity index (χ0n) is 8.96. The van der Waals surface area contributed by atoms with Crippen molar-refractivity contribution in [2.24, 2.45) is 11.7 Å². The third-order valence-corrected chi connectivity index (χ3v) is 3.10. The Kier molecular flexibility index (Phi) is 2.86. The average Bonchev–Trinajstić information content (AvgIpc) is 2.73. The van der Waals surface area contributed by atoms with Crippen molar-refractivity contribution in [2.45, 2.75) is 20.0 Å². The van der Waals surface area contributed by atoms with Crippen molar-refractivity contribution in [1.82, 2.24) is 19.7 Å². The zero-order valence-corrected chi connectivity index (χ0v) is 9.78. The van der Waals surface area contributed by atoms with Crippen molar-refractivity contribution in [3.63, 3.8) is 0 Å². The minimum Gasteiger partial charge on any atom is -0.393 e. The van der Waals surface area contributed by atoms with Gasteiger partial charge in [0.05, 0.1) is 17.5 Å². The van der Waals surface area contributed by atoms with Gasteiger partial charge in [-0.25, -0.2) is 0 Å². The van der Waals surface area contributed by atoms with Crippen molar-refractivity contribution in [3.8, 4) is 0 Å². The summed E-state index contributed by atoms with van der Waals surface area (Å²) in [7, 11) is 0. The molecule has 0 fully saturated rings. The molecule has 16 heavy (non-hydrogen) atoms. The predicted molar refractivity (Wildman–Crippen MR) is 61.4 cm³/mol. The summed E-state index contributed by atoms with van der Waals surface area (Å²) < 4.78 is 1.94. The highest BCUT2D eigenvalue weighted by atomic mass is 32.1. The molecule has 0 spiro atoms. The molecule has 0 bridgehead atoms. The summed E-state index contributed by atoms with van der Waals surface area (Å²) in [5.74, 6) is 0.348. The molecule has 0 saturated carbocycles. The van der Waals surface area contributed by atoms with Crippen LogP contribution in [-0.2, 0) is 17.9 Å². The van der Waals surface area contributed by atoms with E-state index in [4.69, 9.17) is 18.0 Å². The second-order valence-corrected chi connectivity index (χ2v) is 4.30. The van der Waals surface area contributed by atoms with E-state index in [1.165, 1.54) is 0 Å². The molecule has 6 nitrogen and oxygen atoms in total. The standard InChI is InChI=1S/C9H13N5OS/c1-6(8(10)16)9(15)13-2-3-14-5-11-12-7(14)4-13/h5-6H,2-4H2,1H3,(H2,10,16). The normalized spacial score (nSPS) is 16.7. The third-order valence-electron chi connectivity index (χ3n) is 2.75. The van der Waals surface area contributed by atoms with Gasteiger partial charge in [0.2, 0.25) is 5.91 Å². The van der Waals surface area contributed by atoms with Crippen LogP contribution in [0.25, 0.3) is 0 Å². The van der Waals surface area contributed by atoms with Gasteiger partial charge in [0.15, 0.2) is 5.82 Å². The van der Waals surface area contributed by atoms with Crippen LogP contribution >= 0.6 is 12.2 Å². The Hall–Kier alpha value is -1.50. The fourth-order valence-corrected chi connectivity index (χ4v) is 1.75. The fraction of sp³-hybridized carbons (Fsp3) is 0.556. The molecule has 1 atom stereocenters. The molecule has 1 unspecified atom stereocenters. The van der Waals surface area contributed by atoms with Gasteiger partial charge in [-0.2, -0.15) is 0 Å². The smallest absolute Gasteiger partial charge is 0.232 e. The maximum absolute atomic E-state index is 12.0. The number of nitrogens with zero attached hydrogens (tertiary/aromatic N) is 4. The van der Waals surface area contributed by atoms with Crippen molar-refractivity contribution in [1.29, 1.82) is 0 Å². The minimum absolute atomic E-state index is 0.0400. The third kappa shape index (κ3) is 1.90. The molecule has 0 saturated heterocycles. The number of rotatable bonds is 2. The molecule has 2 N–H and O–H groups in total. The van der Waals surface area contributed by atoms with E-state index in [2.05, 4.69) is 10.2 Å². The molecular weight excluding hydrogens is 226 g/mol. The largest absolute Gasteiger partial charge is 0.393 e. The van der Waals surface area contributed by atoms with Crippen LogP contribution in [0.4, 0.5) is 0 Å². The number of fused-ring (bicyclic) bond motifs is 1. The zero-order chi connectivity index (χ0) is 11.7. The highest BCUT2D eigenvalue weighted by molar-refractivity contribution is 7.80. The second kappa shape index (κ2) is 4.17. The fourth-order valence-electron chi connectivity index (χ4n) is 1.65. The molecule has 1 aromatic heterocycles. The molecule has 2 rings (SSSR count). The summed E-state index contributed by atoms with van der Waals surface area (Å²) in [6.07, 6.45) is 1.67. The highest BCUT2D eigenvalue weighted by Crippen LogP contribution is 2.12. The lowest BCUT2D eigenvalue weighted by Gasteiger charge is -2.29. The quantitative estimate of drug-likeness (QED) is 0.707. The maximum atomic E-state index is 12.0. The van der Waals surface area contributed by atoms with E-state index in [1.54, 1.807) is 18.2 Å². The van der Waals surface area contributed by atoms with Gasteiger partial charge in [0.25, 0.3) is 0 Å². The van der Waals surface area contributed by atoms with Gasteiger partial charge in [0.1, 0.15) is 6.33 Å². The van der Waals surface area contributed by atoms with Crippen LogP contribution in [0.3, 0.4) is 0 Å². The Balaban J connectivity index is 2.09. The number of hydrogen-bond acceptors (Lipinski definition) is 4. The summed E-state index contributed by atoms with van der Waals surface area (Å²) in [5, 5.41) is 7.75. The Labute approximate surface area is 98.4 Å².